The molecule has 0 unspecified atom stereocenters. The molecule has 0 atom stereocenters. The number of hydrogen-bond donors (Lipinski definition) is 2. The Morgan fingerprint density at radius 3 is 2.63 bits per heavy atom. The van der Waals surface area contributed by atoms with Gasteiger partial charge in [0.25, 0.3) is 5.91 Å². The first-order chi connectivity index (χ1) is 19.7. The Morgan fingerprint density at radius 1 is 1.12 bits per heavy atom. The predicted octanol–water partition coefficient (Wildman–Crippen LogP) is 4.56. The lowest BCUT2D eigenvalue weighted by molar-refractivity contribution is -0.116. The molecule has 1 amide bonds. The molecule has 6 nitrogen and oxygen atoms in total. The third-order valence-corrected chi connectivity index (χ3v) is 9.24. The molecular formula is C34H37FN4O2. The Morgan fingerprint density at radius 2 is 1.93 bits per heavy atom. The third kappa shape index (κ3) is 5.30. The summed E-state index contributed by atoms with van der Waals surface area (Å²) in [6.45, 7) is 7.35. The van der Waals surface area contributed by atoms with Gasteiger partial charge >= 0.3 is 0 Å². The standard InChI is InChI=1S/C34H37FN4O2/c1-4-33(2,3)20-38-32(41)31-30-25(15-24-11-10-22(18-36-24)21-8-7-9-23(35)14-21)29-26(39-27(30)19-37-31)16-34(17-28(29)40)12-5-6-13-34/h7-11,14-15,18,37H,4-6,12-13,16-17,19-20H2,1-3H3,(H,38,41)/b25-15-. The summed E-state index contributed by atoms with van der Waals surface area (Å²) in [5.41, 5.74) is 4.92. The fourth-order valence-corrected chi connectivity index (χ4v) is 6.49. The lowest BCUT2D eigenvalue weighted by Gasteiger charge is -2.33. The Bertz CT molecular complexity index is 1650. The van der Waals surface area contributed by atoms with E-state index in [1.54, 1.807) is 12.3 Å². The van der Waals surface area contributed by atoms with Crippen LogP contribution in [0, 0.1) is 16.6 Å². The Balaban J connectivity index is 1.49. The minimum absolute atomic E-state index is 0.00906. The second-order valence-electron chi connectivity index (χ2n) is 12.7. The summed E-state index contributed by atoms with van der Waals surface area (Å²) < 4.78 is 13.8. The molecule has 3 aromatic rings. The molecule has 2 N–H and O–H groups in total. The summed E-state index contributed by atoms with van der Waals surface area (Å²) in [5.74, 6) is -0.386. The zero-order chi connectivity index (χ0) is 28.8. The van der Waals surface area contributed by atoms with E-state index in [0.29, 0.717) is 41.7 Å². The van der Waals surface area contributed by atoms with E-state index in [9.17, 15) is 14.0 Å². The van der Waals surface area contributed by atoms with Crippen molar-refractivity contribution in [3.05, 3.63) is 81.5 Å². The Kier molecular flexibility index (Phi) is 7.00. The number of amides is 1. The molecule has 1 spiro atoms. The summed E-state index contributed by atoms with van der Waals surface area (Å²) in [6, 6.07) is 10.2. The average molecular weight is 553 g/mol. The summed E-state index contributed by atoms with van der Waals surface area (Å²) in [4.78, 5) is 37.0. The van der Waals surface area contributed by atoms with Gasteiger partial charge in [-0.2, -0.15) is 0 Å². The maximum Gasteiger partial charge on any atom is 0.268 e. The van der Waals surface area contributed by atoms with Gasteiger partial charge in [-0.05, 0) is 66.4 Å². The van der Waals surface area contributed by atoms with E-state index in [0.717, 1.165) is 66.3 Å². The van der Waals surface area contributed by atoms with Gasteiger partial charge in [0.2, 0.25) is 0 Å². The van der Waals surface area contributed by atoms with Crippen LogP contribution in [0.15, 0.2) is 42.6 Å². The van der Waals surface area contributed by atoms with Gasteiger partial charge < -0.3 is 10.6 Å². The maximum absolute atomic E-state index is 13.9. The normalized spacial score (nSPS) is 17.9. The van der Waals surface area contributed by atoms with E-state index in [1.807, 2.05) is 24.3 Å². The van der Waals surface area contributed by atoms with Crippen LogP contribution >= 0.6 is 0 Å². The van der Waals surface area contributed by atoms with Crippen LogP contribution in [0.25, 0.3) is 22.9 Å². The highest BCUT2D eigenvalue weighted by Gasteiger charge is 2.42. The molecule has 0 radical (unpaired) electrons. The number of halogens is 1. The number of fused-ring (bicyclic) bond motifs is 2. The summed E-state index contributed by atoms with van der Waals surface area (Å²) in [6.07, 6.45) is 10.3. The van der Waals surface area contributed by atoms with E-state index >= 15 is 0 Å². The zero-order valence-electron chi connectivity index (χ0n) is 24.1. The molecule has 2 aliphatic carbocycles. The SMILES string of the molecule is CCC(C)(C)CNC(=O)C1=c2c(nc3c(/c2=C/c2ccc(-c4cccc(F)c4)cn2)C(=O)CC2(CCCC2)C3)CN1. The largest absolute Gasteiger partial charge is 0.374 e. The van der Waals surface area contributed by atoms with E-state index in [1.165, 1.54) is 12.1 Å². The van der Waals surface area contributed by atoms with Crippen LogP contribution in [-0.4, -0.2) is 28.2 Å². The van der Waals surface area contributed by atoms with Crippen molar-refractivity contribution >= 4 is 23.5 Å². The molecule has 6 rings (SSSR count). The predicted molar refractivity (Wildman–Crippen MR) is 158 cm³/mol. The van der Waals surface area contributed by atoms with Gasteiger partial charge in [-0.25, -0.2) is 4.39 Å². The van der Waals surface area contributed by atoms with Crippen molar-refractivity contribution in [2.45, 2.75) is 72.3 Å². The number of nitrogens with zero attached hydrogens (tertiary/aromatic N) is 2. The molecule has 3 aliphatic rings. The quantitative estimate of drug-likeness (QED) is 0.468. The van der Waals surface area contributed by atoms with Gasteiger partial charge in [-0.3, -0.25) is 19.6 Å². The number of carbonyl (C=O) groups excluding carboxylic acids is 2. The highest BCUT2D eigenvalue weighted by Crippen LogP contribution is 2.46. The lowest BCUT2D eigenvalue weighted by atomic mass is 9.71. The summed E-state index contributed by atoms with van der Waals surface area (Å²) >= 11 is 0. The van der Waals surface area contributed by atoms with Crippen molar-refractivity contribution < 1.29 is 14.0 Å². The molecular weight excluding hydrogens is 515 g/mol. The number of aromatic nitrogens is 2. The van der Waals surface area contributed by atoms with Crippen molar-refractivity contribution in [1.82, 2.24) is 20.6 Å². The molecule has 0 bridgehead atoms. The molecule has 0 saturated heterocycles. The van der Waals surface area contributed by atoms with E-state index in [4.69, 9.17) is 4.98 Å². The summed E-state index contributed by atoms with van der Waals surface area (Å²) in [5, 5.41) is 7.81. The molecule has 212 valence electrons. The second-order valence-corrected chi connectivity index (χ2v) is 12.7. The number of nitrogens with one attached hydrogen (secondary N) is 2. The molecule has 1 aliphatic heterocycles. The smallest absolute Gasteiger partial charge is 0.268 e. The van der Waals surface area contributed by atoms with Crippen molar-refractivity contribution in [3.63, 3.8) is 0 Å². The molecule has 1 saturated carbocycles. The van der Waals surface area contributed by atoms with Crippen molar-refractivity contribution in [2.24, 2.45) is 10.8 Å². The molecule has 2 aromatic heterocycles. The van der Waals surface area contributed by atoms with Crippen LogP contribution in [0.1, 0.15) is 86.7 Å². The fraction of sp³-hybridized carbons (Fsp3) is 0.412. The minimum atomic E-state index is -0.299. The van der Waals surface area contributed by atoms with Gasteiger partial charge in [0.1, 0.15) is 11.5 Å². The van der Waals surface area contributed by atoms with Gasteiger partial charge in [0.15, 0.2) is 5.78 Å². The van der Waals surface area contributed by atoms with E-state index < -0.39 is 0 Å². The molecule has 3 heterocycles. The fourth-order valence-electron chi connectivity index (χ4n) is 6.49. The van der Waals surface area contributed by atoms with Gasteiger partial charge in [-0.15, -0.1) is 0 Å². The van der Waals surface area contributed by atoms with Gasteiger partial charge in [0, 0.05) is 40.7 Å². The first-order valence-electron chi connectivity index (χ1n) is 14.7. The first kappa shape index (κ1) is 27.3. The minimum Gasteiger partial charge on any atom is -0.374 e. The maximum atomic E-state index is 13.9. The van der Waals surface area contributed by atoms with Crippen LogP contribution in [0.5, 0.6) is 0 Å². The Hall–Kier alpha value is -3.87. The number of rotatable bonds is 6. The number of pyridine rings is 2. The number of hydrogen-bond acceptors (Lipinski definition) is 5. The second kappa shape index (κ2) is 10.5. The topological polar surface area (TPSA) is 84.0 Å². The number of carbonyl (C=O) groups is 2. The molecule has 1 fully saturated rings. The van der Waals surface area contributed by atoms with Gasteiger partial charge in [-0.1, -0.05) is 51.8 Å². The molecule has 41 heavy (non-hydrogen) atoms. The molecule has 1 aromatic carbocycles. The molecule has 7 heteroatoms. The summed E-state index contributed by atoms with van der Waals surface area (Å²) in [7, 11) is 0. The van der Waals surface area contributed by atoms with E-state index in [-0.39, 0.29) is 28.3 Å². The van der Waals surface area contributed by atoms with Crippen molar-refractivity contribution in [2.75, 3.05) is 6.54 Å². The Labute approximate surface area is 240 Å². The van der Waals surface area contributed by atoms with Crippen LogP contribution in [0.3, 0.4) is 0 Å². The van der Waals surface area contributed by atoms with Crippen molar-refractivity contribution in [1.29, 1.82) is 0 Å². The van der Waals surface area contributed by atoms with Crippen LogP contribution < -0.4 is 21.1 Å². The highest BCUT2D eigenvalue weighted by atomic mass is 19.1. The lowest BCUT2D eigenvalue weighted by Crippen LogP contribution is -2.44. The average Bonchev–Trinajstić information content (AvgIpc) is 3.59. The van der Waals surface area contributed by atoms with Crippen LogP contribution in [0.4, 0.5) is 4.39 Å². The number of ketones is 1. The van der Waals surface area contributed by atoms with Crippen LogP contribution in [-0.2, 0) is 17.8 Å². The zero-order valence-corrected chi connectivity index (χ0v) is 24.1. The highest BCUT2D eigenvalue weighted by molar-refractivity contribution is 6.13. The van der Waals surface area contributed by atoms with Crippen LogP contribution in [0.2, 0.25) is 0 Å². The number of Topliss-reactive ketones (excluding diaryl/α,β-unsaturated/α-hetero) is 1. The third-order valence-electron chi connectivity index (χ3n) is 9.24. The van der Waals surface area contributed by atoms with Crippen molar-refractivity contribution in [3.8, 4) is 11.1 Å². The number of benzene rings is 1. The van der Waals surface area contributed by atoms with Gasteiger partial charge in [0.05, 0.1) is 23.6 Å². The van der Waals surface area contributed by atoms with E-state index in [2.05, 4.69) is 36.4 Å². The monoisotopic (exact) mass is 552 g/mol. The first-order valence-corrected chi connectivity index (χ1v) is 14.7.